The van der Waals surface area contributed by atoms with E-state index in [-0.39, 0.29) is 45.2 Å². The Morgan fingerprint density at radius 2 is 1.76 bits per heavy atom. The Hall–Kier alpha value is -6.00. The molecule has 58 heavy (non-hydrogen) atoms. The molecule has 2 aromatic carbocycles. The van der Waals surface area contributed by atoms with Gasteiger partial charge in [-0.2, -0.15) is 27.1 Å². The summed E-state index contributed by atoms with van der Waals surface area (Å²) in [6, 6.07) is 12.5. The number of hydrogen-bond donors (Lipinski definition) is 3. The van der Waals surface area contributed by atoms with Crippen molar-refractivity contribution in [2.75, 3.05) is 17.5 Å². The predicted octanol–water partition coefficient (Wildman–Crippen LogP) is 6.51. The first-order valence-corrected chi connectivity index (χ1v) is 19.3. The van der Waals surface area contributed by atoms with Crippen LogP contribution in [-0.2, 0) is 28.3 Å². The number of allylic oxidation sites excluding steroid dienone is 2. The maximum Gasteiger partial charge on any atom is 0.431 e. The minimum Gasteiger partial charge on any atom is -0.394 e. The molecule has 0 bridgehead atoms. The smallest absolute Gasteiger partial charge is 0.394 e. The fraction of sp³-hybridized carbons (Fsp3) is 0.237. The zero-order chi connectivity index (χ0) is 41.9. The highest BCUT2D eigenvalue weighted by Gasteiger charge is 2.62. The van der Waals surface area contributed by atoms with E-state index in [2.05, 4.69) is 37.0 Å². The number of aryl methyl sites for hydroxylation is 1. The van der Waals surface area contributed by atoms with E-state index in [9.17, 15) is 35.2 Å². The van der Waals surface area contributed by atoms with Crippen LogP contribution in [0.3, 0.4) is 0 Å². The van der Waals surface area contributed by atoms with Crippen molar-refractivity contribution in [2.24, 2.45) is 29.6 Å². The van der Waals surface area contributed by atoms with E-state index in [4.69, 9.17) is 22.3 Å². The average Bonchev–Trinajstić information content (AvgIpc) is 3.50. The number of aliphatic imine (C=N–C) groups is 1. The van der Waals surface area contributed by atoms with E-state index in [0.29, 0.717) is 22.8 Å². The highest BCUT2D eigenvalue weighted by molar-refractivity contribution is 7.92. The van der Waals surface area contributed by atoms with Crippen LogP contribution in [0, 0.1) is 35.3 Å². The zero-order valence-corrected chi connectivity index (χ0v) is 31.5. The summed E-state index contributed by atoms with van der Waals surface area (Å²) in [5.41, 5.74) is 2.73. The molecule has 4 N–H and O–H groups in total. The number of sulfonamides is 1. The van der Waals surface area contributed by atoms with Crippen molar-refractivity contribution in [3.05, 3.63) is 106 Å². The Balaban J connectivity index is 1.38. The van der Waals surface area contributed by atoms with E-state index >= 15 is 8.78 Å². The molecular formula is C38H28ClF7N8O3S. The van der Waals surface area contributed by atoms with Crippen LogP contribution in [0.1, 0.15) is 17.3 Å². The van der Waals surface area contributed by atoms with Crippen LogP contribution >= 0.6 is 11.6 Å². The third kappa shape index (κ3) is 7.68. The van der Waals surface area contributed by atoms with Gasteiger partial charge < -0.3 is 11.1 Å². The molecule has 20 heteroatoms. The average molecular weight is 845 g/mol. The minimum atomic E-state index is -5.20. The van der Waals surface area contributed by atoms with Gasteiger partial charge in [-0.3, -0.25) is 24.2 Å². The molecule has 3 aromatic heterocycles. The van der Waals surface area contributed by atoms with Gasteiger partial charge in [0.25, 0.3) is 0 Å². The first kappa shape index (κ1) is 40.2. The number of fused-ring (bicyclic) bond motifs is 2. The third-order valence-corrected chi connectivity index (χ3v) is 10.2. The lowest BCUT2D eigenvalue weighted by atomic mass is 9.85. The molecule has 0 radical (unpaired) electrons. The van der Waals surface area contributed by atoms with Crippen molar-refractivity contribution in [2.45, 2.75) is 24.6 Å². The predicted molar refractivity (Wildman–Crippen MR) is 201 cm³/mol. The Bertz CT molecular complexity index is 2730. The van der Waals surface area contributed by atoms with Crippen LogP contribution in [-0.4, -0.2) is 64.7 Å². The minimum absolute atomic E-state index is 0.0192. The molecular weight excluding hydrogens is 817 g/mol. The normalized spacial score (nSPS) is 19.2. The van der Waals surface area contributed by atoms with Crippen LogP contribution in [0.15, 0.2) is 83.1 Å². The monoisotopic (exact) mass is 844 g/mol. The Morgan fingerprint density at radius 1 is 1.05 bits per heavy atom. The second-order valence-corrected chi connectivity index (χ2v) is 15.6. The number of nitrogens with two attached hydrogens (primary N) is 1. The number of rotatable bonds is 10. The van der Waals surface area contributed by atoms with Crippen LogP contribution in [0.4, 0.5) is 36.6 Å². The fourth-order valence-corrected chi connectivity index (χ4v) is 7.68. The van der Waals surface area contributed by atoms with Crippen LogP contribution in [0.25, 0.3) is 33.4 Å². The van der Waals surface area contributed by atoms with E-state index < -0.39 is 81.1 Å². The molecule has 11 nitrogen and oxygen atoms in total. The Labute approximate surface area is 330 Å². The van der Waals surface area contributed by atoms with Gasteiger partial charge in [0.05, 0.1) is 51.2 Å². The molecule has 5 aromatic rings. The molecule has 3 heterocycles. The van der Waals surface area contributed by atoms with Crippen molar-refractivity contribution in [3.63, 3.8) is 0 Å². The molecule has 3 atom stereocenters. The van der Waals surface area contributed by atoms with Gasteiger partial charge in [0.1, 0.15) is 35.5 Å². The summed E-state index contributed by atoms with van der Waals surface area (Å²) in [7, 11) is -2.33. The number of benzene rings is 2. The van der Waals surface area contributed by atoms with Crippen LogP contribution in [0.5, 0.6) is 0 Å². The van der Waals surface area contributed by atoms with Crippen LogP contribution in [0.2, 0.25) is 5.02 Å². The molecule has 2 aliphatic rings. The lowest BCUT2D eigenvalue weighted by Crippen LogP contribution is -2.35. The molecule has 0 unspecified atom stereocenters. The standard InChI is InChI=1S/C38H28ClF7N8O3S/c1-54-33-22(7-10-25(39)31(33)36(52-54)53-58(2,56)57)21-8-11-27(26-5-3-4-12-48-26)51-32(21)28(15-18-13-19(40)16-20(41)14-18)50-29(55)17-49-35-30(34(47)38(44,45)46)23-6-9-24(23)37(35,42)43/h3-5,7-8,10-14,16,23-24,28H,15,17,47H2,1-2H3,(H,50,55)(H,52,53)/t23-,24+,28-/m0/s1. The van der Waals surface area contributed by atoms with Gasteiger partial charge in [0, 0.05) is 36.0 Å². The van der Waals surface area contributed by atoms with Crippen LogP contribution < -0.4 is 15.8 Å². The van der Waals surface area contributed by atoms with E-state index in [1.165, 1.54) is 24.0 Å². The summed E-state index contributed by atoms with van der Waals surface area (Å²) in [4.78, 5) is 26.6. The van der Waals surface area contributed by atoms with Crippen molar-refractivity contribution in [1.29, 1.82) is 0 Å². The Kier molecular flexibility index (Phi) is 10.2. The number of carbonyl (C=O) groups excluding carboxylic acids is 1. The molecule has 7 rings (SSSR count). The number of pyridine rings is 2. The fourth-order valence-electron chi connectivity index (χ4n) is 6.94. The maximum atomic E-state index is 15.4. The molecule has 300 valence electrons. The summed E-state index contributed by atoms with van der Waals surface area (Å²) in [5.74, 6) is -6.02. The van der Waals surface area contributed by atoms with Gasteiger partial charge >= 0.3 is 12.1 Å². The summed E-state index contributed by atoms with van der Waals surface area (Å²) >= 11 is 6.58. The third-order valence-electron chi connectivity index (χ3n) is 9.37. The highest BCUT2D eigenvalue weighted by Crippen LogP contribution is 2.51. The van der Waals surface area contributed by atoms with Gasteiger partial charge in [0.2, 0.25) is 15.9 Å². The first-order valence-electron chi connectivity index (χ1n) is 17.0. The number of anilines is 1. The number of nitrogens with zero attached hydrogens (tertiary/aromatic N) is 5. The van der Waals surface area contributed by atoms with E-state index in [1.807, 2.05) is 0 Å². The molecule has 0 spiro atoms. The SMILES string of the molecule is Cn1nc(NS(C)(=O)=O)c2c(Cl)ccc(-c3ccc(-c4ccccn4)nc3[C@H](Cc3cc(F)cc(F)c3)NC(=O)CN=C3C(=C(N)C(F)(F)F)[C@H]4C#C[C@H]4C3(F)F)c21. The van der Waals surface area contributed by atoms with Gasteiger partial charge in [-0.15, -0.1) is 0 Å². The molecule has 1 saturated carbocycles. The van der Waals surface area contributed by atoms with Crippen molar-refractivity contribution in [3.8, 4) is 34.4 Å². The highest BCUT2D eigenvalue weighted by atomic mass is 35.5. The first-order chi connectivity index (χ1) is 27.2. The van der Waals surface area contributed by atoms with Crippen molar-refractivity contribution in [1.82, 2.24) is 25.1 Å². The largest absolute Gasteiger partial charge is 0.431 e. The van der Waals surface area contributed by atoms with Crippen molar-refractivity contribution < 1.29 is 43.9 Å². The van der Waals surface area contributed by atoms with E-state index in [1.54, 1.807) is 36.4 Å². The number of halogens is 8. The summed E-state index contributed by atoms with van der Waals surface area (Å²) in [6.45, 7) is -1.13. The lowest BCUT2D eigenvalue weighted by molar-refractivity contribution is -0.120. The number of hydrogen-bond acceptors (Lipinski definition) is 8. The number of aromatic nitrogens is 4. The Morgan fingerprint density at radius 3 is 2.38 bits per heavy atom. The van der Waals surface area contributed by atoms with Gasteiger partial charge in [-0.25, -0.2) is 22.2 Å². The maximum absolute atomic E-state index is 15.4. The molecule has 0 saturated heterocycles. The van der Waals surface area contributed by atoms with Gasteiger partial charge in [-0.1, -0.05) is 41.6 Å². The molecule has 0 aliphatic heterocycles. The summed E-state index contributed by atoms with van der Waals surface area (Å²) in [6.07, 6.45) is -3.15. The zero-order valence-electron chi connectivity index (χ0n) is 30.0. The summed E-state index contributed by atoms with van der Waals surface area (Å²) in [5, 5.41) is 7.23. The van der Waals surface area contributed by atoms with Gasteiger partial charge in [-0.05, 0) is 48.4 Å². The van der Waals surface area contributed by atoms with Crippen molar-refractivity contribution >= 4 is 50.0 Å². The molecule has 2 aliphatic carbocycles. The van der Waals surface area contributed by atoms with E-state index in [0.717, 1.165) is 18.4 Å². The number of alkyl halides is 5. The topological polar surface area (TPSA) is 157 Å². The number of amides is 1. The van der Waals surface area contributed by atoms with Gasteiger partial charge in [0.15, 0.2) is 5.82 Å². The second kappa shape index (κ2) is 14.7. The molecule has 1 amide bonds. The quantitative estimate of drug-likeness (QED) is 0.107. The molecule has 1 fully saturated rings. The number of carbonyl (C=O) groups is 1. The lowest BCUT2D eigenvalue weighted by Gasteiger charge is -2.23. The summed E-state index contributed by atoms with van der Waals surface area (Å²) < 4.78 is 129. The second-order valence-electron chi connectivity index (χ2n) is 13.5. The number of nitrogens with one attached hydrogen (secondary N) is 2.